The molecule has 8 heteroatoms. The number of likely N-dealkylation sites (tertiary alicyclic amines) is 1. The molecule has 0 saturated carbocycles. The Balaban J connectivity index is 1.47. The molecular formula is C22H24N4O4. The molecule has 2 aliphatic heterocycles. The molecule has 0 bridgehead atoms. The first kappa shape index (κ1) is 18.7. The van der Waals surface area contributed by atoms with Gasteiger partial charge < -0.3 is 19.1 Å². The van der Waals surface area contributed by atoms with E-state index in [1.807, 2.05) is 28.9 Å². The van der Waals surface area contributed by atoms with Crippen molar-refractivity contribution in [3.63, 3.8) is 0 Å². The van der Waals surface area contributed by atoms with Crippen LogP contribution >= 0.6 is 0 Å². The van der Waals surface area contributed by atoms with Crippen molar-refractivity contribution >= 4 is 28.4 Å². The van der Waals surface area contributed by atoms with Gasteiger partial charge in [-0.2, -0.15) is 4.74 Å². The molecule has 2 aromatic heterocycles. The maximum atomic E-state index is 12.8. The lowest BCUT2D eigenvalue weighted by atomic mass is 10.1. The van der Waals surface area contributed by atoms with Crippen LogP contribution in [0.1, 0.15) is 36.5 Å². The highest BCUT2D eigenvalue weighted by atomic mass is 16.5. The van der Waals surface area contributed by atoms with Gasteiger partial charge in [0.15, 0.2) is 17.2 Å². The fourth-order valence-electron chi connectivity index (χ4n) is 4.18. The van der Waals surface area contributed by atoms with E-state index in [0.29, 0.717) is 47.8 Å². The van der Waals surface area contributed by atoms with Gasteiger partial charge in [0, 0.05) is 31.0 Å². The fourth-order valence-corrected chi connectivity index (χ4v) is 4.18. The van der Waals surface area contributed by atoms with E-state index in [2.05, 4.69) is 4.98 Å². The van der Waals surface area contributed by atoms with E-state index in [9.17, 15) is 9.59 Å². The van der Waals surface area contributed by atoms with Gasteiger partial charge in [-0.15, -0.1) is 0 Å². The fraction of sp³-hybridized carbons (Fsp3) is 0.409. The second kappa shape index (κ2) is 7.51. The average molecular weight is 408 g/mol. The largest absolute Gasteiger partial charge is 0.488 e. The summed E-state index contributed by atoms with van der Waals surface area (Å²) in [6, 6.07) is 7.32. The van der Waals surface area contributed by atoms with Gasteiger partial charge in [-0.25, -0.2) is 4.98 Å². The normalized spacial score (nSPS) is 16.4. The number of carbonyl (C=O) groups excluding carboxylic acids is 1. The third kappa shape index (κ3) is 3.12. The molecule has 30 heavy (non-hydrogen) atoms. The standard InChI is InChI=1S/C22H24N4O4/c1-2-26-22(28)17-7-6-16(13-18(17)30-26)25-10-11-29-19-12-15(14-23-20(19)25)21(27)24-8-4-3-5-9-24/h6-7,12-14H,2-5,8-11H2,1H3. The number of fused-ring (bicyclic) bond motifs is 2. The van der Waals surface area contributed by atoms with Gasteiger partial charge in [-0.1, -0.05) is 0 Å². The number of rotatable bonds is 3. The van der Waals surface area contributed by atoms with Crippen LogP contribution in [0.4, 0.5) is 11.5 Å². The number of benzene rings is 1. The van der Waals surface area contributed by atoms with E-state index in [1.54, 1.807) is 18.3 Å². The van der Waals surface area contributed by atoms with Crippen LogP contribution in [0.3, 0.4) is 0 Å². The number of hydrogen-bond acceptors (Lipinski definition) is 6. The summed E-state index contributed by atoms with van der Waals surface area (Å²) in [6.07, 6.45) is 4.90. The first-order valence-electron chi connectivity index (χ1n) is 10.5. The van der Waals surface area contributed by atoms with Crippen molar-refractivity contribution in [1.82, 2.24) is 14.6 Å². The second-order valence-corrected chi connectivity index (χ2v) is 7.67. The molecule has 0 atom stereocenters. The molecule has 1 aromatic carbocycles. The number of piperidine rings is 1. The van der Waals surface area contributed by atoms with Crippen LogP contribution in [0.2, 0.25) is 0 Å². The zero-order valence-electron chi connectivity index (χ0n) is 17.0. The summed E-state index contributed by atoms with van der Waals surface area (Å²) in [5, 5.41) is 0.560. The van der Waals surface area contributed by atoms with Crippen LogP contribution in [0.15, 0.2) is 39.8 Å². The zero-order chi connectivity index (χ0) is 20.7. The number of aromatic nitrogens is 2. The number of anilines is 2. The Morgan fingerprint density at radius 1 is 1.13 bits per heavy atom. The summed E-state index contributed by atoms with van der Waals surface area (Å²) < 4.78 is 12.8. The monoisotopic (exact) mass is 408 g/mol. The minimum Gasteiger partial charge on any atom is -0.488 e. The van der Waals surface area contributed by atoms with Gasteiger partial charge in [0.1, 0.15) is 6.61 Å². The van der Waals surface area contributed by atoms with Crippen LogP contribution < -0.4 is 15.2 Å². The Labute approximate surface area is 173 Å². The third-order valence-corrected chi connectivity index (χ3v) is 5.78. The number of amides is 1. The zero-order valence-corrected chi connectivity index (χ0v) is 17.0. The summed E-state index contributed by atoms with van der Waals surface area (Å²) in [7, 11) is 0. The predicted molar refractivity (Wildman–Crippen MR) is 113 cm³/mol. The lowest BCUT2D eigenvalue weighted by Crippen LogP contribution is -2.36. The van der Waals surface area contributed by atoms with Crippen LogP contribution in [-0.2, 0) is 6.54 Å². The Morgan fingerprint density at radius 2 is 1.97 bits per heavy atom. The molecule has 0 unspecified atom stereocenters. The topological polar surface area (TPSA) is 80.8 Å². The molecule has 0 radical (unpaired) electrons. The van der Waals surface area contributed by atoms with Crippen LogP contribution in [0.25, 0.3) is 11.0 Å². The molecule has 4 heterocycles. The lowest BCUT2D eigenvalue weighted by molar-refractivity contribution is 0.0723. The first-order chi connectivity index (χ1) is 14.7. The van der Waals surface area contributed by atoms with Crippen LogP contribution in [0.5, 0.6) is 5.75 Å². The van der Waals surface area contributed by atoms with Gasteiger partial charge >= 0.3 is 0 Å². The summed E-state index contributed by atoms with van der Waals surface area (Å²) in [5.74, 6) is 1.26. The van der Waals surface area contributed by atoms with E-state index in [1.165, 1.54) is 11.2 Å². The molecule has 0 N–H and O–H groups in total. The molecule has 156 valence electrons. The van der Waals surface area contributed by atoms with Crippen molar-refractivity contribution in [3.05, 3.63) is 46.4 Å². The van der Waals surface area contributed by atoms with Crippen molar-refractivity contribution in [3.8, 4) is 5.75 Å². The Hall–Kier alpha value is -3.29. The van der Waals surface area contributed by atoms with Gasteiger partial charge in [0.25, 0.3) is 11.5 Å². The van der Waals surface area contributed by atoms with Crippen molar-refractivity contribution in [2.24, 2.45) is 0 Å². The maximum Gasteiger partial charge on any atom is 0.290 e. The average Bonchev–Trinajstić information content (AvgIpc) is 3.13. The number of aryl methyl sites for hydroxylation is 1. The van der Waals surface area contributed by atoms with Gasteiger partial charge in [-0.3, -0.25) is 9.59 Å². The van der Waals surface area contributed by atoms with Crippen molar-refractivity contribution in [2.75, 3.05) is 31.1 Å². The lowest BCUT2D eigenvalue weighted by Gasteiger charge is -2.31. The first-order valence-corrected chi connectivity index (χ1v) is 10.5. The number of hydrogen-bond donors (Lipinski definition) is 0. The minimum absolute atomic E-state index is 0.00910. The van der Waals surface area contributed by atoms with E-state index in [0.717, 1.165) is 31.6 Å². The van der Waals surface area contributed by atoms with Gasteiger partial charge in [-0.05, 0) is 44.4 Å². The summed E-state index contributed by atoms with van der Waals surface area (Å²) in [6.45, 7) is 5.04. The number of ether oxygens (including phenoxy) is 1. The van der Waals surface area contributed by atoms with E-state index >= 15 is 0 Å². The van der Waals surface area contributed by atoms with Crippen LogP contribution in [0, 0.1) is 0 Å². The Morgan fingerprint density at radius 3 is 2.77 bits per heavy atom. The summed E-state index contributed by atoms with van der Waals surface area (Å²) in [4.78, 5) is 33.6. The molecule has 3 aromatic rings. The number of carbonyl (C=O) groups is 1. The molecule has 1 saturated heterocycles. The number of pyridine rings is 1. The SMILES string of the molecule is CCn1oc2cc(N3CCOc4cc(C(=O)N5CCCCC5)cnc43)ccc2c1=O. The maximum absolute atomic E-state index is 12.8. The molecule has 1 amide bonds. The molecule has 1 fully saturated rings. The number of nitrogens with zero attached hydrogens (tertiary/aromatic N) is 4. The van der Waals surface area contributed by atoms with Gasteiger partial charge in [0.05, 0.1) is 24.0 Å². The highest BCUT2D eigenvalue weighted by Gasteiger charge is 2.25. The van der Waals surface area contributed by atoms with Gasteiger partial charge in [0.2, 0.25) is 0 Å². The van der Waals surface area contributed by atoms with E-state index in [-0.39, 0.29) is 11.5 Å². The molecule has 0 spiro atoms. The van der Waals surface area contributed by atoms with Crippen molar-refractivity contribution < 1.29 is 14.1 Å². The predicted octanol–water partition coefficient (Wildman–Crippen LogP) is 3.17. The highest BCUT2D eigenvalue weighted by molar-refractivity contribution is 5.95. The van der Waals surface area contributed by atoms with Crippen molar-refractivity contribution in [2.45, 2.75) is 32.7 Å². The third-order valence-electron chi connectivity index (χ3n) is 5.78. The summed E-state index contributed by atoms with van der Waals surface area (Å²) >= 11 is 0. The molecule has 2 aliphatic rings. The molecule has 5 rings (SSSR count). The van der Waals surface area contributed by atoms with E-state index in [4.69, 9.17) is 9.26 Å². The second-order valence-electron chi connectivity index (χ2n) is 7.67. The Kier molecular flexibility index (Phi) is 4.69. The highest BCUT2D eigenvalue weighted by Crippen LogP contribution is 2.36. The van der Waals surface area contributed by atoms with Crippen LogP contribution in [-0.4, -0.2) is 46.8 Å². The Bertz CT molecular complexity index is 1160. The van der Waals surface area contributed by atoms with Crippen molar-refractivity contribution in [1.29, 1.82) is 0 Å². The minimum atomic E-state index is -0.125. The molecule has 8 nitrogen and oxygen atoms in total. The smallest absolute Gasteiger partial charge is 0.290 e. The molecular weight excluding hydrogens is 384 g/mol. The summed E-state index contributed by atoms with van der Waals surface area (Å²) in [5.41, 5.74) is 1.84. The quantitative estimate of drug-likeness (QED) is 0.662. The van der Waals surface area contributed by atoms with E-state index < -0.39 is 0 Å². The molecule has 0 aliphatic carbocycles.